The van der Waals surface area contributed by atoms with Crippen molar-refractivity contribution in [1.29, 1.82) is 0 Å². The summed E-state index contributed by atoms with van der Waals surface area (Å²) in [6.45, 7) is 3.28. The minimum atomic E-state index is -4.63. The van der Waals surface area contributed by atoms with Crippen LogP contribution in [-0.2, 0) is 10.1 Å². The number of hydrogen-bond acceptors (Lipinski definition) is 9. The average Bonchev–Trinajstić information content (AvgIpc) is 3.41. The fourth-order valence-corrected chi connectivity index (χ4v) is 4.76. The van der Waals surface area contributed by atoms with Gasteiger partial charge in [-0.2, -0.15) is 0 Å². The first-order chi connectivity index (χ1) is 19.9. The topological polar surface area (TPSA) is 182 Å². The molecule has 0 fully saturated rings. The van der Waals surface area contributed by atoms with Gasteiger partial charge in [0.15, 0.2) is 11.4 Å². The lowest BCUT2D eigenvalue weighted by Crippen LogP contribution is -2.14. The number of para-hydroxylation sites is 1. The third-order valence-electron chi connectivity index (χ3n) is 6.01. The van der Waals surface area contributed by atoms with E-state index >= 15 is 0 Å². The molecule has 0 spiro atoms. The highest BCUT2D eigenvalue weighted by atomic mass is 35.5. The molecule has 214 valence electrons. The molecule has 0 saturated heterocycles. The normalized spacial score (nSPS) is 12.1. The summed E-state index contributed by atoms with van der Waals surface area (Å²) in [6.07, 6.45) is 0. The van der Waals surface area contributed by atoms with Crippen molar-refractivity contribution in [3.05, 3.63) is 109 Å². The van der Waals surface area contributed by atoms with Crippen molar-refractivity contribution in [2.45, 2.75) is 18.7 Å². The van der Waals surface area contributed by atoms with Crippen LogP contribution in [0, 0.1) is 13.8 Å². The van der Waals surface area contributed by atoms with E-state index < -0.39 is 26.1 Å². The summed E-state index contributed by atoms with van der Waals surface area (Å²) in [5.74, 6) is 0. The Kier molecular flexibility index (Phi) is 7.79. The zero-order valence-corrected chi connectivity index (χ0v) is 24.1. The number of aromatic amines is 2. The first-order valence-corrected chi connectivity index (χ1v) is 14.2. The van der Waals surface area contributed by atoms with Crippen LogP contribution in [0.3, 0.4) is 0 Å². The van der Waals surface area contributed by atoms with Crippen LogP contribution in [0.4, 0.5) is 22.7 Å². The highest BCUT2D eigenvalue weighted by molar-refractivity contribution is 7.85. The van der Waals surface area contributed by atoms with Crippen molar-refractivity contribution in [2.75, 3.05) is 0 Å². The van der Waals surface area contributed by atoms with E-state index in [0.717, 1.165) is 16.8 Å². The molecule has 2 N–H and O–H groups in total. The van der Waals surface area contributed by atoms with Crippen LogP contribution >= 0.6 is 23.2 Å². The molecule has 0 aliphatic rings. The van der Waals surface area contributed by atoms with Gasteiger partial charge in [0.1, 0.15) is 21.5 Å². The van der Waals surface area contributed by atoms with Gasteiger partial charge in [0, 0.05) is 0 Å². The molecule has 0 atom stereocenters. The summed E-state index contributed by atoms with van der Waals surface area (Å²) in [6, 6.07) is 16.6. The molecule has 16 heteroatoms. The molecule has 0 amide bonds. The second-order valence-corrected chi connectivity index (χ2v) is 11.1. The van der Waals surface area contributed by atoms with Crippen LogP contribution in [0.15, 0.2) is 102 Å². The van der Waals surface area contributed by atoms with Crippen molar-refractivity contribution in [3.8, 4) is 11.4 Å². The van der Waals surface area contributed by atoms with Crippen LogP contribution in [0.2, 0.25) is 10.0 Å². The van der Waals surface area contributed by atoms with Gasteiger partial charge in [-0.3, -0.25) is 19.8 Å². The zero-order valence-electron chi connectivity index (χ0n) is 21.7. The largest absolute Gasteiger partial charge is 0.744 e. The fraction of sp³-hybridized carbons (Fsp3) is 0.0769. The lowest BCUT2D eigenvalue weighted by atomic mass is 10.3. The van der Waals surface area contributed by atoms with E-state index in [4.69, 9.17) is 23.2 Å². The number of benzene rings is 3. The number of halogens is 2. The van der Waals surface area contributed by atoms with Gasteiger partial charge in [0.2, 0.25) is 0 Å². The first-order valence-electron chi connectivity index (χ1n) is 12.0. The standard InChI is InChI=1S/C26H20Cl2N8O5S/c1-14-23(25(37)35(33-14)16-6-4-3-5-7-16)31-29-21-12-20(28)22(13-19(21)27)30-32-24-15(2)34-36(26(24)38)17-8-10-18(11-9-17)42(39,40)41/h3-13,33-34H,1-2H3,(H,39,40,41)/p-1. The minimum Gasteiger partial charge on any atom is -0.744 e. The van der Waals surface area contributed by atoms with Crippen molar-refractivity contribution in [3.63, 3.8) is 0 Å². The van der Waals surface area contributed by atoms with Gasteiger partial charge in [-0.1, -0.05) is 41.4 Å². The molecular formula is C26H19Cl2N8O5S-. The van der Waals surface area contributed by atoms with Crippen LogP contribution in [-0.4, -0.2) is 32.5 Å². The Balaban J connectivity index is 1.40. The van der Waals surface area contributed by atoms with Gasteiger partial charge in [0.05, 0.1) is 37.7 Å². The van der Waals surface area contributed by atoms with E-state index in [2.05, 4.69) is 30.7 Å². The molecule has 0 saturated carbocycles. The molecule has 0 aliphatic heterocycles. The third kappa shape index (κ3) is 5.73. The predicted molar refractivity (Wildman–Crippen MR) is 155 cm³/mol. The Bertz CT molecular complexity index is 2100. The minimum absolute atomic E-state index is 0.0379. The molecule has 42 heavy (non-hydrogen) atoms. The Morgan fingerprint density at radius 2 is 1.12 bits per heavy atom. The number of hydrogen-bond donors (Lipinski definition) is 2. The second kappa shape index (κ2) is 11.3. The lowest BCUT2D eigenvalue weighted by molar-refractivity contribution is 0.463. The number of aromatic nitrogens is 4. The van der Waals surface area contributed by atoms with E-state index in [0.29, 0.717) is 17.1 Å². The number of H-pyrrole nitrogens is 2. The number of azo groups is 2. The summed E-state index contributed by atoms with van der Waals surface area (Å²) in [7, 11) is -4.63. The Morgan fingerprint density at radius 3 is 1.55 bits per heavy atom. The van der Waals surface area contributed by atoms with Gasteiger partial charge in [-0.05, 0) is 62.4 Å². The molecule has 0 bridgehead atoms. The van der Waals surface area contributed by atoms with Crippen molar-refractivity contribution in [2.24, 2.45) is 20.5 Å². The van der Waals surface area contributed by atoms with E-state index in [1.807, 2.05) is 6.07 Å². The van der Waals surface area contributed by atoms with Crippen LogP contribution in [0.25, 0.3) is 11.4 Å². The van der Waals surface area contributed by atoms with E-state index in [1.54, 1.807) is 38.1 Å². The van der Waals surface area contributed by atoms with Crippen molar-refractivity contribution < 1.29 is 13.0 Å². The summed E-state index contributed by atoms with van der Waals surface area (Å²) in [4.78, 5) is 25.4. The smallest absolute Gasteiger partial charge is 0.299 e. The average molecular weight is 626 g/mol. The van der Waals surface area contributed by atoms with E-state index in [9.17, 15) is 22.6 Å². The number of nitrogens with zero attached hydrogens (tertiary/aromatic N) is 6. The van der Waals surface area contributed by atoms with Gasteiger partial charge < -0.3 is 4.55 Å². The molecule has 13 nitrogen and oxygen atoms in total. The number of aryl methyl sites for hydroxylation is 2. The summed E-state index contributed by atoms with van der Waals surface area (Å²) < 4.78 is 36.0. The van der Waals surface area contributed by atoms with E-state index in [-0.39, 0.29) is 38.5 Å². The molecule has 0 unspecified atom stereocenters. The maximum atomic E-state index is 12.9. The van der Waals surface area contributed by atoms with Gasteiger partial charge in [-0.15, -0.1) is 20.5 Å². The van der Waals surface area contributed by atoms with Crippen LogP contribution < -0.4 is 11.1 Å². The molecule has 0 aliphatic carbocycles. The summed E-state index contributed by atoms with van der Waals surface area (Å²) in [5, 5.41) is 22.3. The highest BCUT2D eigenvalue weighted by Gasteiger charge is 2.15. The number of rotatable bonds is 7. The third-order valence-corrected chi connectivity index (χ3v) is 7.47. The van der Waals surface area contributed by atoms with Gasteiger partial charge in [0.25, 0.3) is 11.1 Å². The quantitative estimate of drug-likeness (QED) is 0.158. The van der Waals surface area contributed by atoms with Gasteiger partial charge in [-0.25, -0.2) is 17.8 Å². The molecule has 5 rings (SSSR count). The fourth-order valence-electron chi connectivity index (χ4n) is 3.90. The van der Waals surface area contributed by atoms with E-state index in [1.165, 1.54) is 28.9 Å². The molecular weight excluding hydrogens is 607 g/mol. The maximum absolute atomic E-state index is 12.9. The zero-order chi connectivity index (χ0) is 30.2. The summed E-state index contributed by atoms with van der Waals surface area (Å²) >= 11 is 12.8. The molecule has 5 aromatic rings. The SMILES string of the molecule is Cc1[nH]n(-c2ccccc2)c(=O)c1N=Nc1cc(Cl)c(N=Nc2c(C)[nH]n(-c3ccc(S(=O)(=O)[O-])cc3)c2=O)cc1Cl. The van der Waals surface area contributed by atoms with Crippen LogP contribution in [0.5, 0.6) is 0 Å². The molecule has 2 aromatic heterocycles. The Morgan fingerprint density at radius 1 is 0.690 bits per heavy atom. The monoisotopic (exact) mass is 625 g/mol. The summed E-state index contributed by atoms with van der Waals surface area (Å²) in [5.41, 5.74) is 1.18. The first kappa shape index (κ1) is 28.9. The Hall–Kier alpha value is -4.63. The molecule has 0 radical (unpaired) electrons. The van der Waals surface area contributed by atoms with Crippen LogP contribution in [0.1, 0.15) is 11.4 Å². The second-order valence-electron chi connectivity index (χ2n) is 8.89. The van der Waals surface area contributed by atoms with Crippen molar-refractivity contribution >= 4 is 56.1 Å². The van der Waals surface area contributed by atoms with Crippen molar-refractivity contribution in [1.82, 2.24) is 19.6 Å². The molecule has 3 aromatic carbocycles. The lowest BCUT2D eigenvalue weighted by Gasteiger charge is -2.07. The maximum Gasteiger partial charge on any atom is 0.299 e. The molecule has 2 heterocycles. The number of nitrogens with one attached hydrogen (secondary N) is 2. The highest BCUT2D eigenvalue weighted by Crippen LogP contribution is 2.37. The van der Waals surface area contributed by atoms with Gasteiger partial charge >= 0.3 is 0 Å². The predicted octanol–water partition coefficient (Wildman–Crippen LogP) is 6.30. The Labute approximate surface area is 247 Å².